The van der Waals surface area contributed by atoms with E-state index in [1.807, 2.05) is 0 Å². The Morgan fingerprint density at radius 2 is 1.36 bits per heavy atom. The van der Waals surface area contributed by atoms with Crippen LogP contribution in [0.1, 0.15) is 33.4 Å². The van der Waals surface area contributed by atoms with Crippen molar-refractivity contribution in [3.8, 4) is 0 Å². The number of phosphoric ester groups is 2. The number of nitrogens with zero attached hydrogens (tertiary/aromatic N) is 2. The van der Waals surface area contributed by atoms with Crippen molar-refractivity contribution in [1.82, 2.24) is 14.9 Å². The van der Waals surface area contributed by atoms with Crippen LogP contribution in [0.4, 0.5) is 5.82 Å². The highest BCUT2D eigenvalue weighted by molar-refractivity contribution is 7.71. The third-order valence-electron chi connectivity index (χ3n) is 5.71. The predicted octanol–water partition coefficient (Wildman–Crippen LogP) is -3.36. The number of nitrogens with one attached hydrogen (secondary N) is 1. The number of rotatable bonds is 20. The molecular formula is C19H22N4O24P6-6. The highest BCUT2D eigenvalue weighted by atomic mass is 31.3. The van der Waals surface area contributed by atoms with E-state index < -0.39 is 96.7 Å². The monoisotopic (exact) mass is 876 g/mol. The number of carbonyl (C=O) groups is 2. The number of benzene rings is 1. The Kier molecular flexibility index (Phi) is 15.1. The van der Waals surface area contributed by atoms with Gasteiger partial charge in [0.1, 0.15) is 24.4 Å². The summed E-state index contributed by atoms with van der Waals surface area (Å²) in [6.07, 6.45) is -3.09. The molecule has 1 aromatic heterocycles. The molecule has 0 saturated carbocycles. The Morgan fingerprint density at radius 1 is 0.868 bits per heavy atom. The molecule has 34 heteroatoms. The number of nitrogens with two attached hydrogens (primary N) is 1. The number of aliphatic hydroxyl groups is 1. The number of aldehydes is 1. The predicted molar refractivity (Wildman–Crippen MR) is 155 cm³/mol. The van der Waals surface area contributed by atoms with Gasteiger partial charge >= 0.3 is 5.69 Å². The van der Waals surface area contributed by atoms with E-state index >= 15 is 0 Å². The summed E-state index contributed by atoms with van der Waals surface area (Å²) in [6, 6.07) is 6.20. The number of carbonyl (C=O) groups excluding carboxylic acids is 2. The van der Waals surface area contributed by atoms with Crippen molar-refractivity contribution >= 4 is 64.9 Å². The van der Waals surface area contributed by atoms with Crippen LogP contribution in [-0.4, -0.2) is 58.8 Å². The van der Waals surface area contributed by atoms with Crippen molar-refractivity contribution < 1.29 is 107 Å². The van der Waals surface area contributed by atoms with E-state index in [0.717, 1.165) is 10.8 Å². The fourth-order valence-electron chi connectivity index (χ4n) is 3.70. The van der Waals surface area contributed by atoms with Gasteiger partial charge in [0.25, 0.3) is 52.8 Å². The van der Waals surface area contributed by atoms with Crippen molar-refractivity contribution in [2.75, 3.05) is 25.5 Å². The summed E-state index contributed by atoms with van der Waals surface area (Å²) in [5.41, 5.74) is 4.67. The number of aromatic nitrogens is 2. The first-order valence-corrected chi connectivity index (χ1v) is 22.2. The van der Waals surface area contributed by atoms with Gasteiger partial charge in [0, 0.05) is 30.3 Å². The highest BCUT2D eigenvalue weighted by Crippen LogP contribution is 2.70. The standard InChI is InChI=1S/C19H28N4O24P6/c20-16-5-7-23(19(27)22-16)17-9-14(25)15(42-17)11-41-49(30,31)44-51(34,35)46-53(38,39)47-52(36,37)45-50(32,33)43-48(28,29)40-8-6-21-18(26)13-3-1-12(10-24)2-4-13/h1-5,7,10,14-15,17,25H,6,8-9,11H2,(H,21,26)(H,28,29)(H,30,31)(H,32,33)(H,34,35)(H,36,37)(H,38,39)(H2,20,22,27)/p-6/t14-,15-,17-/m1/s1. The highest BCUT2D eigenvalue weighted by Gasteiger charge is 2.37. The minimum absolute atomic E-state index is 0.00870. The number of hydrogen-bond acceptors (Lipinski definition) is 26. The summed E-state index contributed by atoms with van der Waals surface area (Å²) in [6.45, 7) is -2.88. The molecule has 28 nitrogen and oxygen atoms in total. The molecule has 9 atom stereocenters. The van der Waals surface area contributed by atoms with Gasteiger partial charge in [0.05, 0.1) is 19.3 Å². The van der Waals surface area contributed by atoms with Crippen LogP contribution >= 0.6 is 46.9 Å². The summed E-state index contributed by atoms with van der Waals surface area (Å²) in [5.74, 6) is -0.967. The number of phosphoric acid groups is 6. The fourth-order valence-corrected chi connectivity index (χ4v) is 11.2. The molecule has 53 heavy (non-hydrogen) atoms. The van der Waals surface area contributed by atoms with Gasteiger partial charge in [-0.25, -0.2) is 26.3 Å². The van der Waals surface area contributed by atoms with E-state index in [2.05, 4.69) is 40.9 Å². The van der Waals surface area contributed by atoms with Gasteiger partial charge in [0.2, 0.25) is 0 Å². The molecule has 0 spiro atoms. The summed E-state index contributed by atoms with van der Waals surface area (Å²) in [4.78, 5) is 109. The van der Waals surface area contributed by atoms with Crippen molar-refractivity contribution in [3.63, 3.8) is 0 Å². The Labute approximate surface area is 295 Å². The first-order valence-electron chi connectivity index (χ1n) is 13.5. The average Bonchev–Trinajstić information content (AvgIpc) is 3.34. The first-order chi connectivity index (χ1) is 24.2. The van der Waals surface area contributed by atoms with Crippen LogP contribution in [0.15, 0.2) is 41.3 Å². The van der Waals surface area contributed by atoms with Crippen LogP contribution in [0.25, 0.3) is 0 Å². The van der Waals surface area contributed by atoms with Crippen molar-refractivity contribution in [2.24, 2.45) is 0 Å². The molecule has 6 unspecified atom stereocenters. The van der Waals surface area contributed by atoms with Gasteiger partial charge in [-0.05, 0) is 18.2 Å². The van der Waals surface area contributed by atoms with Crippen LogP contribution in [0.3, 0.4) is 0 Å². The topological polar surface area (TPSA) is 442 Å². The summed E-state index contributed by atoms with van der Waals surface area (Å²) < 4.78 is 102. The summed E-state index contributed by atoms with van der Waals surface area (Å²) in [5, 5.41) is 12.2. The Hall–Kier alpha value is -2.18. The molecule has 4 N–H and O–H groups in total. The molecular weight excluding hydrogens is 854 g/mol. The lowest BCUT2D eigenvalue weighted by Gasteiger charge is -2.38. The minimum Gasteiger partial charge on any atom is -0.756 e. The second-order valence-corrected chi connectivity index (χ2v) is 18.8. The number of anilines is 1. The molecule has 1 saturated heterocycles. The van der Waals surface area contributed by atoms with Crippen LogP contribution in [0, 0.1) is 0 Å². The maximum Gasteiger partial charge on any atom is 0.351 e. The zero-order valence-corrected chi connectivity index (χ0v) is 31.0. The van der Waals surface area contributed by atoms with E-state index in [1.54, 1.807) is 0 Å². The van der Waals surface area contributed by atoms with E-state index in [4.69, 9.17) is 10.5 Å². The maximum absolute atomic E-state index is 12.0. The Balaban J connectivity index is 1.49. The normalized spacial score (nSPS) is 24.3. The van der Waals surface area contributed by atoms with Gasteiger partial charge in [-0.15, -0.1) is 0 Å². The van der Waals surface area contributed by atoms with Crippen molar-refractivity contribution in [2.45, 2.75) is 24.9 Å². The van der Waals surface area contributed by atoms with Gasteiger partial charge in [0.15, 0.2) is 0 Å². The maximum atomic E-state index is 12.0. The molecule has 2 aromatic rings. The molecule has 0 radical (unpaired) electrons. The largest absolute Gasteiger partial charge is 0.756 e. The lowest BCUT2D eigenvalue weighted by molar-refractivity contribution is -0.256. The molecule has 1 fully saturated rings. The Bertz CT molecular complexity index is 2010. The van der Waals surface area contributed by atoms with Gasteiger partial charge in [-0.1, -0.05) is 12.1 Å². The molecule has 1 aromatic carbocycles. The molecule has 0 bridgehead atoms. The van der Waals surface area contributed by atoms with Crippen LogP contribution < -0.4 is 46.1 Å². The minimum atomic E-state index is -6.95. The van der Waals surface area contributed by atoms with Gasteiger partial charge in [-0.2, -0.15) is 4.98 Å². The lowest BCUT2D eigenvalue weighted by Crippen LogP contribution is -2.29. The fraction of sp³-hybridized carbons (Fsp3) is 0.368. The average molecular weight is 876 g/mol. The van der Waals surface area contributed by atoms with Crippen molar-refractivity contribution in [1.29, 1.82) is 0 Å². The third kappa shape index (κ3) is 15.1. The SMILES string of the molecule is Nc1ccn([C@H]2C[C@@H](O)[C@@H](COP(=O)([O-])OP(=O)([O-])OP(=O)([O-])OP(=O)([O-])OP(=O)([O-])OP(=O)([O-])OCCNC(=O)c3ccc(C=O)cc3)O2)c(=O)n1. The van der Waals surface area contributed by atoms with Gasteiger partial charge in [-0.3, -0.25) is 41.5 Å². The van der Waals surface area contributed by atoms with Crippen LogP contribution in [0.2, 0.25) is 0 Å². The van der Waals surface area contributed by atoms with Gasteiger partial charge < -0.3 is 59.3 Å². The van der Waals surface area contributed by atoms with E-state index in [9.17, 15) is 76.2 Å². The lowest BCUT2D eigenvalue weighted by atomic mass is 10.1. The smallest absolute Gasteiger partial charge is 0.351 e. The Morgan fingerprint density at radius 3 is 1.85 bits per heavy atom. The van der Waals surface area contributed by atoms with E-state index in [-0.39, 0.29) is 23.4 Å². The van der Waals surface area contributed by atoms with E-state index in [0.29, 0.717) is 6.29 Å². The number of aliphatic hydroxyl groups excluding tert-OH is 1. The van der Waals surface area contributed by atoms with Crippen LogP contribution in [-0.2, 0) is 62.7 Å². The summed E-state index contributed by atoms with van der Waals surface area (Å²) in [7, 11) is -39.6. The second-order valence-electron chi connectivity index (χ2n) is 9.69. The molecule has 3 rings (SSSR count). The number of hydrogen-bond donors (Lipinski definition) is 3. The zero-order chi connectivity index (χ0) is 40.0. The third-order valence-corrected chi connectivity index (χ3v) is 14.7. The first kappa shape index (κ1) is 45.2. The molecule has 0 aliphatic carbocycles. The molecule has 2 heterocycles. The number of amides is 1. The van der Waals surface area contributed by atoms with Crippen molar-refractivity contribution in [3.05, 3.63) is 58.1 Å². The molecule has 1 aliphatic rings. The molecule has 298 valence electrons. The molecule has 1 aliphatic heterocycles. The number of nitrogen functional groups attached to an aromatic ring is 1. The quantitative estimate of drug-likeness (QED) is 0.0664. The second kappa shape index (κ2) is 17.7. The summed E-state index contributed by atoms with van der Waals surface area (Å²) >= 11 is 0. The van der Waals surface area contributed by atoms with E-state index in [1.165, 1.54) is 30.3 Å². The zero-order valence-electron chi connectivity index (χ0n) is 25.6. The molecule has 1 amide bonds. The number of ether oxygens (including phenoxy) is 1. The van der Waals surface area contributed by atoms with Crippen LogP contribution in [0.5, 0.6) is 0 Å².